The SMILES string of the molecule is COc1ccccc1C(F)(F)CO. The van der Waals surface area contributed by atoms with Gasteiger partial charge in [-0.25, -0.2) is 0 Å². The molecule has 1 N–H and O–H groups in total. The first-order valence-corrected chi connectivity index (χ1v) is 3.74. The fourth-order valence-corrected chi connectivity index (χ4v) is 1.03. The quantitative estimate of drug-likeness (QED) is 0.783. The van der Waals surface area contributed by atoms with E-state index in [9.17, 15) is 8.78 Å². The van der Waals surface area contributed by atoms with Crippen LogP contribution in [0.4, 0.5) is 8.78 Å². The second-order valence-electron chi connectivity index (χ2n) is 2.56. The Kier molecular flexibility index (Phi) is 2.83. The average molecular weight is 188 g/mol. The molecule has 0 saturated heterocycles. The molecule has 0 fully saturated rings. The number of hydrogen-bond acceptors (Lipinski definition) is 2. The number of para-hydroxylation sites is 1. The first-order valence-electron chi connectivity index (χ1n) is 3.74. The van der Waals surface area contributed by atoms with Gasteiger partial charge < -0.3 is 9.84 Å². The summed E-state index contributed by atoms with van der Waals surface area (Å²) in [5, 5.41) is 8.46. The third-order valence-corrected chi connectivity index (χ3v) is 1.70. The Morgan fingerprint density at radius 2 is 2.00 bits per heavy atom. The molecule has 2 nitrogen and oxygen atoms in total. The van der Waals surface area contributed by atoms with Gasteiger partial charge in [0.25, 0.3) is 5.92 Å². The van der Waals surface area contributed by atoms with Crippen molar-refractivity contribution in [2.75, 3.05) is 13.7 Å². The standard InChI is InChI=1S/C9H10F2O2/c1-13-8-5-3-2-4-7(8)9(10,11)6-12/h2-5,12H,6H2,1H3. The van der Waals surface area contributed by atoms with Crippen LogP contribution in [0.3, 0.4) is 0 Å². The van der Waals surface area contributed by atoms with Gasteiger partial charge in [0, 0.05) is 0 Å². The number of rotatable bonds is 3. The molecule has 0 bridgehead atoms. The molecule has 0 aliphatic heterocycles. The summed E-state index contributed by atoms with van der Waals surface area (Å²) < 4.78 is 30.7. The first kappa shape index (κ1) is 9.92. The highest BCUT2D eigenvalue weighted by molar-refractivity contribution is 5.36. The maximum Gasteiger partial charge on any atom is 0.299 e. The van der Waals surface area contributed by atoms with Crippen LogP contribution >= 0.6 is 0 Å². The fourth-order valence-electron chi connectivity index (χ4n) is 1.03. The van der Waals surface area contributed by atoms with E-state index in [4.69, 9.17) is 9.84 Å². The van der Waals surface area contributed by atoms with Crippen LogP contribution in [0.25, 0.3) is 0 Å². The van der Waals surface area contributed by atoms with Crippen LogP contribution in [0.5, 0.6) is 5.75 Å². The third kappa shape index (κ3) is 1.95. The fraction of sp³-hybridized carbons (Fsp3) is 0.333. The number of halogens is 2. The molecular formula is C9H10F2O2. The number of aliphatic hydroxyl groups is 1. The molecule has 1 aromatic rings. The highest BCUT2D eigenvalue weighted by atomic mass is 19.3. The van der Waals surface area contributed by atoms with E-state index in [1.54, 1.807) is 6.07 Å². The van der Waals surface area contributed by atoms with Crippen molar-refractivity contribution in [2.45, 2.75) is 5.92 Å². The minimum atomic E-state index is -3.24. The van der Waals surface area contributed by atoms with Gasteiger partial charge in [-0.3, -0.25) is 0 Å². The molecule has 1 aromatic carbocycles. The van der Waals surface area contributed by atoms with Gasteiger partial charge in [-0.2, -0.15) is 8.78 Å². The van der Waals surface area contributed by atoms with Crippen LogP contribution < -0.4 is 4.74 Å². The summed E-state index contributed by atoms with van der Waals surface area (Å²) >= 11 is 0. The Balaban J connectivity index is 3.12. The Morgan fingerprint density at radius 1 is 1.38 bits per heavy atom. The second kappa shape index (κ2) is 3.70. The number of hydrogen-bond donors (Lipinski definition) is 1. The number of alkyl halides is 2. The number of benzene rings is 1. The topological polar surface area (TPSA) is 29.5 Å². The number of ether oxygens (including phenoxy) is 1. The zero-order valence-electron chi connectivity index (χ0n) is 7.13. The molecule has 0 atom stereocenters. The van der Waals surface area contributed by atoms with Crippen molar-refractivity contribution in [3.05, 3.63) is 29.8 Å². The van der Waals surface area contributed by atoms with Crippen LogP contribution in [0, 0.1) is 0 Å². The molecule has 4 heteroatoms. The van der Waals surface area contributed by atoms with E-state index in [1.807, 2.05) is 0 Å². The molecule has 0 aliphatic carbocycles. The zero-order chi connectivity index (χ0) is 9.90. The molecule has 0 spiro atoms. The van der Waals surface area contributed by atoms with Crippen LogP contribution in [-0.4, -0.2) is 18.8 Å². The molecule has 13 heavy (non-hydrogen) atoms. The van der Waals surface area contributed by atoms with Crippen molar-refractivity contribution in [3.8, 4) is 5.75 Å². The van der Waals surface area contributed by atoms with Crippen LogP contribution in [-0.2, 0) is 5.92 Å². The third-order valence-electron chi connectivity index (χ3n) is 1.70. The number of methoxy groups -OCH3 is 1. The summed E-state index contributed by atoms with van der Waals surface area (Å²) in [5.41, 5.74) is -0.292. The Hall–Kier alpha value is -1.16. The van der Waals surface area contributed by atoms with Gasteiger partial charge in [-0.1, -0.05) is 12.1 Å². The molecule has 0 amide bonds. The molecular weight excluding hydrogens is 178 g/mol. The highest BCUT2D eigenvalue weighted by Crippen LogP contribution is 2.33. The van der Waals surface area contributed by atoms with E-state index >= 15 is 0 Å². The largest absolute Gasteiger partial charge is 0.496 e. The maximum absolute atomic E-state index is 13.0. The van der Waals surface area contributed by atoms with Crippen molar-refractivity contribution in [2.24, 2.45) is 0 Å². The van der Waals surface area contributed by atoms with Crippen LogP contribution in [0.1, 0.15) is 5.56 Å². The van der Waals surface area contributed by atoms with Gasteiger partial charge in [0.1, 0.15) is 12.4 Å². The van der Waals surface area contributed by atoms with E-state index in [-0.39, 0.29) is 11.3 Å². The lowest BCUT2D eigenvalue weighted by Gasteiger charge is -2.16. The Morgan fingerprint density at radius 3 is 2.54 bits per heavy atom. The van der Waals surface area contributed by atoms with Crippen molar-refractivity contribution in [3.63, 3.8) is 0 Å². The molecule has 0 aliphatic rings. The summed E-state index contributed by atoms with van der Waals surface area (Å²) in [7, 11) is 1.31. The van der Waals surface area contributed by atoms with E-state index in [2.05, 4.69) is 0 Å². The molecule has 0 unspecified atom stereocenters. The lowest BCUT2D eigenvalue weighted by molar-refractivity contribution is -0.0571. The Bertz CT molecular complexity index is 287. The van der Waals surface area contributed by atoms with Gasteiger partial charge in [-0.05, 0) is 12.1 Å². The smallest absolute Gasteiger partial charge is 0.299 e. The minimum Gasteiger partial charge on any atom is -0.496 e. The zero-order valence-corrected chi connectivity index (χ0v) is 7.13. The van der Waals surface area contributed by atoms with Gasteiger partial charge in [0.2, 0.25) is 0 Å². The van der Waals surface area contributed by atoms with E-state index in [0.29, 0.717) is 0 Å². The predicted molar refractivity (Wildman–Crippen MR) is 44.0 cm³/mol. The molecule has 0 saturated carbocycles. The van der Waals surface area contributed by atoms with E-state index in [1.165, 1.54) is 25.3 Å². The summed E-state index contributed by atoms with van der Waals surface area (Å²) in [5.74, 6) is -3.16. The summed E-state index contributed by atoms with van der Waals surface area (Å²) in [4.78, 5) is 0. The van der Waals surface area contributed by atoms with Gasteiger partial charge >= 0.3 is 0 Å². The highest BCUT2D eigenvalue weighted by Gasteiger charge is 2.33. The average Bonchev–Trinajstić information content (AvgIpc) is 2.18. The van der Waals surface area contributed by atoms with Gasteiger partial charge in [0.05, 0.1) is 12.7 Å². The molecule has 72 valence electrons. The molecule has 1 rings (SSSR count). The minimum absolute atomic E-state index is 0.0848. The Labute approximate surface area is 74.8 Å². The van der Waals surface area contributed by atoms with Crippen LogP contribution in [0.2, 0.25) is 0 Å². The summed E-state index contributed by atoms with van der Waals surface area (Å²) in [6.07, 6.45) is 0. The lowest BCUT2D eigenvalue weighted by atomic mass is 10.1. The van der Waals surface area contributed by atoms with Crippen molar-refractivity contribution in [1.29, 1.82) is 0 Å². The van der Waals surface area contributed by atoms with Crippen molar-refractivity contribution >= 4 is 0 Å². The lowest BCUT2D eigenvalue weighted by Crippen LogP contribution is -2.19. The van der Waals surface area contributed by atoms with Gasteiger partial charge in [0.15, 0.2) is 0 Å². The summed E-state index contributed by atoms with van der Waals surface area (Å²) in [6, 6.07) is 5.73. The van der Waals surface area contributed by atoms with Crippen molar-refractivity contribution in [1.82, 2.24) is 0 Å². The molecule has 0 radical (unpaired) electrons. The molecule has 0 heterocycles. The molecule has 0 aromatic heterocycles. The summed E-state index contributed by atoms with van der Waals surface area (Å²) in [6.45, 7) is -1.21. The maximum atomic E-state index is 13.0. The predicted octanol–water partition coefficient (Wildman–Crippen LogP) is 1.78. The van der Waals surface area contributed by atoms with Crippen molar-refractivity contribution < 1.29 is 18.6 Å². The van der Waals surface area contributed by atoms with Gasteiger partial charge in [-0.15, -0.1) is 0 Å². The number of aliphatic hydroxyl groups excluding tert-OH is 1. The monoisotopic (exact) mass is 188 g/mol. The van der Waals surface area contributed by atoms with Crippen LogP contribution in [0.15, 0.2) is 24.3 Å². The van der Waals surface area contributed by atoms with E-state index < -0.39 is 12.5 Å². The van der Waals surface area contributed by atoms with E-state index in [0.717, 1.165) is 0 Å². The first-order chi connectivity index (χ1) is 6.11. The second-order valence-corrected chi connectivity index (χ2v) is 2.56. The normalized spacial score (nSPS) is 11.4.